The van der Waals surface area contributed by atoms with Crippen molar-refractivity contribution in [3.05, 3.63) is 0 Å². The van der Waals surface area contributed by atoms with Crippen LogP contribution in [-0.4, -0.2) is 41.4 Å². The molecule has 1 unspecified atom stereocenters. The predicted octanol–water partition coefficient (Wildman–Crippen LogP) is -0.223. The van der Waals surface area contributed by atoms with Gasteiger partial charge >= 0.3 is 12.0 Å². The van der Waals surface area contributed by atoms with Gasteiger partial charge in [-0.2, -0.15) is 0 Å². The number of urea groups is 1. The molecule has 0 aromatic rings. The topological polar surface area (TPSA) is 98.7 Å². The number of aliphatic hydroxyl groups is 1. The lowest BCUT2D eigenvalue weighted by Gasteiger charge is -2.12. The number of carbonyl (C=O) groups excluding carboxylic acids is 1. The van der Waals surface area contributed by atoms with Gasteiger partial charge in [-0.3, -0.25) is 0 Å². The number of amides is 2. The van der Waals surface area contributed by atoms with Crippen molar-refractivity contribution in [3.8, 4) is 0 Å². The Morgan fingerprint density at radius 1 is 1.50 bits per heavy atom. The quantitative estimate of drug-likeness (QED) is 0.524. The zero-order chi connectivity index (χ0) is 12.3. The SMILES string of the molecule is CC1(C)CC1CNC(=O)N[C@H](CO)C(=O)O. The van der Waals surface area contributed by atoms with Crippen molar-refractivity contribution in [1.82, 2.24) is 10.6 Å². The Kier molecular flexibility index (Phi) is 3.74. The normalized spacial score (nSPS) is 23.3. The molecule has 1 rings (SSSR count). The average molecular weight is 230 g/mol. The molecule has 6 nitrogen and oxygen atoms in total. The van der Waals surface area contributed by atoms with Gasteiger partial charge in [0.15, 0.2) is 6.04 Å². The fraction of sp³-hybridized carbons (Fsp3) is 0.800. The van der Waals surface area contributed by atoms with Crippen molar-refractivity contribution in [1.29, 1.82) is 0 Å². The van der Waals surface area contributed by atoms with E-state index in [0.29, 0.717) is 12.5 Å². The van der Waals surface area contributed by atoms with Crippen LogP contribution in [0.25, 0.3) is 0 Å². The first kappa shape index (κ1) is 12.8. The summed E-state index contributed by atoms with van der Waals surface area (Å²) in [4.78, 5) is 21.8. The highest BCUT2D eigenvalue weighted by atomic mass is 16.4. The Labute approximate surface area is 94.0 Å². The summed E-state index contributed by atoms with van der Waals surface area (Å²) in [5.74, 6) is -0.792. The molecule has 1 aliphatic rings. The minimum absolute atomic E-state index is 0.274. The molecular formula is C10H18N2O4. The molecular weight excluding hydrogens is 212 g/mol. The number of aliphatic hydroxyl groups excluding tert-OH is 1. The summed E-state index contributed by atoms with van der Waals surface area (Å²) in [6, 6.07) is -1.80. The van der Waals surface area contributed by atoms with E-state index < -0.39 is 24.6 Å². The molecule has 0 aliphatic heterocycles. The van der Waals surface area contributed by atoms with Crippen molar-refractivity contribution >= 4 is 12.0 Å². The highest BCUT2D eigenvalue weighted by Crippen LogP contribution is 2.50. The van der Waals surface area contributed by atoms with E-state index in [1.165, 1.54) is 0 Å². The Bertz CT molecular complexity index is 291. The molecule has 6 heteroatoms. The van der Waals surface area contributed by atoms with Crippen LogP contribution in [0.4, 0.5) is 4.79 Å². The van der Waals surface area contributed by atoms with Gasteiger partial charge in [0, 0.05) is 6.54 Å². The molecule has 92 valence electrons. The van der Waals surface area contributed by atoms with Gasteiger partial charge in [0.25, 0.3) is 0 Å². The lowest BCUT2D eigenvalue weighted by molar-refractivity contribution is -0.140. The van der Waals surface area contributed by atoms with Crippen molar-refractivity contribution < 1.29 is 19.8 Å². The Morgan fingerprint density at radius 2 is 2.06 bits per heavy atom. The highest BCUT2D eigenvalue weighted by molar-refractivity contribution is 5.82. The van der Waals surface area contributed by atoms with E-state index in [2.05, 4.69) is 24.5 Å². The van der Waals surface area contributed by atoms with E-state index in [-0.39, 0.29) is 5.41 Å². The van der Waals surface area contributed by atoms with Crippen LogP contribution in [0.3, 0.4) is 0 Å². The molecule has 2 amide bonds. The lowest BCUT2D eigenvalue weighted by Crippen LogP contribution is -2.48. The second-order valence-electron chi connectivity index (χ2n) is 4.82. The smallest absolute Gasteiger partial charge is 0.328 e. The predicted molar refractivity (Wildman–Crippen MR) is 56.9 cm³/mol. The van der Waals surface area contributed by atoms with E-state index >= 15 is 0 Å². The second-order valence-corrected chi connectivity index (χ2v) is 4.82. The third-order valence-corrected chi connectivity index (χ3v) is 3.01. The molecule has 0 saturated heterocycles. The molecule has 1 fully saturated rings. The number of aliphatic carboxylic acids is 1. The summed E-state index contributed by atoms with van der Waals surface area (Å²) in [7, 11) is 0. The molecule has 16 heavy (non-hydrogen) atoms. The average Bonchev–Trinajstić information content (AvgIpc) is 2.79. The fourth-order valence-corrected chi connectivity index (χ4v) is 1.54. The molecule has 2 atom stereocenters. The number of rotatable bonds is 5. The minimum Gasteiger partial charge on any atom is -0.480 e. The molecule has 4 N–H and O–H groups in total. The largest absolute Gasteiger partial charge is 0.480 e. The highest BCUT2D eigenvalue weighted by Gasteiger charge is 2.45. The van der Waals surface area contributed by atoms with Crippen LogP contribution >= 0.6 is 0 Å². The maximum absolute atomic E-state index is 11.3. The summed E-state index contributed by atoms with van der Waals surface area (Å²) < 4.78 is 0. The number of hydrogen-bond acceptors (Lipinski definition) is 3. The first-order valence-corrected chi connectivity index (χ1v) is 5.25. The number of hydrogen-bond donors (Lipinski definition) is 4. The van der Waals surface area contributed by atoms with Crippen LogP contribution in [0, 0.1) is 11.3 Å². The van der Waals surface area contributed by atoms with Crippen molar-refractivity contribution in [3.63, 3.8) is 0 Å². The minimum atomic E-state index is -1.25. The maximum atomic E-state index is 11.3. The molecule has 0 aromatic carbocycles. The van der Waals surface area contributed by atoms with Crippen LogP contribution in [-0.2, 0) is 4.79 Å². The van der Waals surface area contributed by atoms with Crippen LogP contribution in [0.15, 0.2) is 0 Å². The van der Waals surface area contributed by atoms with Gasteiger partial charge in [-0.15, -0.1) is 0 Å². The number of carboxylic acids is 1. The van der Waals surface area contributed by atoms with Crippen molar-refractivity contribution in [2.75, 3.05) is 13.2 Å². The Morgan fingerprint density at radius 3 is 2.44 bits per heavy atom. The number of carbonyl (C=O) groups is 2. The van der Waals surface area contributed by atoms with Gasteiger partial charge in [0.05, 0.1) is 6.61 Å². The third-order valence-electron chi connectivity index (χ3n) is 3.01. The summed E-state index contributed by atoms with van der Waals surface area (Å²) in [6.07, 6.45) is 1.07. The Hall–Kier alpha value is -1.30. The lowest BCUT2D eigenvalue weighted by atomic mass is 10.1. The van der Waals surface area contributed by atoms with Gasteiger partial charge in [-0.25, -0.2) is 9.59 Å². The summed E-state index contributed by atoms with van der Waals surface area (Å²) in [5.41, 5.74) is 0.274. The van der Waals surface area contributed by atoms with Crippen molar-refractivity contribution in [2.45, 2.75) is 26.3 Å². The van der Waals surface area contributed by atoms with E-state index in [0.717, 1.165) is 6.42 Å². The zero-order valence-electron chi connectivity index (χ0n) is 9.49. The van der Waals surface area contributed by atoms with E-state index in [9.17, 15) is 9.59 Å². The first-order chi connectivity index (χ1) is 7.36. The summed E-state index contributed by atoms with van der Waals surface area (Å²) in [6.45, 7) is 4.16. The van der Waals surface area contributed by atoms with Gasteiger partial charge in [0.1, 0.15) is 0 Å². The van der Waals surface area contributed by atoms with E-state index in [4.69, 9.17) is 10.2 Å². The number of nitrogens with one attached hydrogen (secondary N) is 2. The molecule has 1 aliphatic carbocycles. The molecule has 0 spiro atoms. The van der Waals surface area contributed by atoms with Crippen LogP contribution < -0.4 is 10.6 Å². The first-order valence-electron chi connectivity index (χ1n) is 5.25. The van der Waals surface area contributed by atoms with Gasteiger partial charge < -0.3 is 20.8 Å². The van der Waals surface area contributed by atoms with Gasteiger partial charge in [-0.05, 0) is 17.8 Å². The van der Waals surface area contributed by atoms with E-state index in [1.807, 2.05) is 0 Å². The maximum Gasteiger partial charge on any atom is 0.328 e. The second kappa shape index (κ2) is 4.69. The number of carboxylic acid groups (broad SMARTS) is 1. The van der Waals surface area contributed by atoms with Crippen LogP contribution in [0.5, 0.6) is 0 Å². The summed E-state index contributed by atoms with van der Waals surface area (Å²) >= 11 is 0. The Balaban J connectivity index is 2.23. The molecule has 0 aromatic heterocycles. The van der Waals surface area contributed by atoms with Crippen LogP contribution in [0.2, 0.25) is 0 Å². The zero-order valence-corrected chi connectivity index (χ0v) is 9.49. The molecule has 1 saturated carbocycles. The fourth-order valence-electron chi connectivity index (χ4n) is 1.54. The van der Waals surface area contributed by atoms with Gasteiger partial charge in [0.2, 0.25) is 0 Å². The summed E-state index contributed by atoms with van der Waals surface area (Å²) in [5, 5.41) is 22.1. The third kappa shape index (κ3) is 3.37. The van der Waals surface area contributed by atoms with Crippen molar-refractivity contribution in [2.24, 2.45) is 11.3 Å². The van der Waals surface area contributed by atoms with Crippen LogP contribution in [0.1, 0.15) is 20.3 Å². The molecule has 0 radical (unpaired) electrons. The standard InChI is InChI=1S/C10H18N2O4/c1-10(2)3-6(10)4-11-9(16)12-7(5-13)8(14)15/h6-7,13H,3-5H2,1-2H3,(H,14,15)(H2,11,12,16)/t6?,7-/m1/s1. The van der Waals surface area contributed by atoms with Gasteiger partial charge in [-0.1, -0.05) is 13.8 Å². The molecule has 0 bridgehead atoms. The van der Waals surface area contributed by atoms with E-state index in [1.54, 1.807) is 0 Å². The molecule has 0 heterocycles. The monoisotopic (exact) mass is 230 g/mol.